The summed E-state index contributed by atoms with van der Waals surface area (Å²) >= 11 is 0. The van der Waals surface area contributed by atoms with Gasteiger partial charge in [-0.3, -0.25) is 9.52 Å². The summed E-state index contributed by atoms with van der Waals surface area (Å²) in [6.45, 7) is 1.87. The molecule has 0 aliphatic carbocycles. The predicted octanol–water partition coefficient (Wildman–Crippen LogP) is -0.810. The Bertz CT molecular complexity index is 248. The maximum absolute atomic E-state index is 10.9. The van der Waals surface area contributed by atoms with E-state index in [1.165, 1.54) is 0 Å². The topological polar surface area (TPSA) is 89.3 Å². The van der Waals surface area contributed by atoms with Crippen molar-refractivity contribution >= 4 is 15.9 Å². The second-order valence-corrected chi connectivity index (χ2v) is 4.38. The van der Waals surface area contributed by atoms with Crippen LogP contribution in [-0.4, -0.2) is 26.6 Å². The highest BCUT2D eigenvalue weighted by Crippen LogP contribution is 1.93. The van der Waals surface area contributed by atoms with E-state index in [4.69, 9.17) is 5.73 Å². The standard InChI is InChI=1S/C6H14N2O3S/c1-3-4-5(7)6(9)8-12(2,10)11/h5H,3-4,7H2,1-2H3,(H,8,9)/t5-/m1/s1. The predicted molar refractivity (Wildman–Crippen MR) is 45.9 cm³/mol. The molecule has 0 unspecified atom stereocenters. The normalized spacial score (nSPS) is 13.9. The van der Waals surface area contributed by atoms with Gasteiger partial charge in [0.05, 0.1) is 12.3 Å². The number of nitrogens with two attached hydrogens (primary N) is 1. The van der Waals surface area contributed by atoms with E-state index in [9.17, 15) is 13.2 Å². The average Bonchev–Trinajstić information content (AvgIpc) is 1.84. The van der Waals surface area contributed by atoms with Gasteiger partial charge in [-0.2, -0.15) is 0 Å². The molecule has 6 heteroatoms. The quantitative estimate of drug-likeness (QED) is 0.612. The molecule has 0 saturated heterocycles. The lowest BCUT2D eigenvalue weighted by atomic mass is 10.2. The van der Waals surface area contributed by atoms with E-state index in [0.717, 1.165) is 12.7 Å². The third-order valence-corrected chi connectivity index (χ3v) is 1.79. The van der Waals surface area contributed by atoms with Crippen molar-refractivity contribution in [1.82, 2.24) is 4.72 Å². The van der Waals surface area contributed by atoms with Crippen LogP contribution < -0.4 is 10.5 Å². The van der Waals surface area contributed by atoms with Crippen LogP contribution in [0.15, 0.2) is 0 Å². The number of rotatable bonds is 4. The first-order chi connectivity index (χ1) is 5.37. The zero-order valence-electron chi connectivity index (χ0n) is 7.20. The molecule has 0 spiro atoms. The van der Waals surface area contributed by atoms with Gasteiger partial charge in [-0.25, -0.2) is 8.42 Å². The highest BCUT2D eigenvalue weighted by molar-refractivity contribution is 7.89. The molecule has 0 radical (unpaired) electrons. The van der Waals surface area contributed by atoms with E-state index in [1.54, 1.807) is 0 Å². The summed E-state index contributed by atoms with van der Waals surface area (Å²) in [7, 11) is -3.47. The fourth-order valence-electron chi connectivity index (χ4n) is 0.701. The molecule has 0 fully saturated rings. The summed E-state index contributed by atoms with van der Waals surface area (Å²) in [6.07, 6.45) is 2.16. The molecule has 0 aliphatic heterocycles. The summed E-state index contributed by atoms with van der Waals surface area (Å²) in [5, 5.41) is 0. The van der Waals surface area contributed by atoms with Gasteiger partial charge in [-0.15, -0.1) is 0 Å². The van der Waals surface area contributed by atoms with Gasteiger partial charge in [0.15, 0.2) is 0 Å². The SMILES string of the molecule is CCC[C@@H](N)C(=O)NS(C)(=O)=O. The number of hydrogen-bond donors (Lipinski definition) is 2. The van der Waals surface area contributed by atoms with Crippen LogP contribution in [0.1, 0.15) is 19.8 Å². The Balaban J connectivity index is 4.05. The van der Waals surface area contributed by atoms with Crippen molar-refractivity contribution < 1.29 is 13.2 Å². The molecular formula is C6H14N2O3S. The summed E-state index contributed by atoms with van der Waals surface area (Å²) in [6, 6.07) is -0.732. The van der Waals surface area contributed by atoms with Crippen molar-refractivity contribution in [3.8, 4) is 0 Å². The summed E-state index contributed by atoms with van der Waals surface area (Å²) in [5.74, 6) is -0.639. The van der Waals surface area contributed by atoms with Crippen molar-refractivity contribution in [3.63, 3.8) is 0 Å². The van der Waals surface area contributed by atoms with Gasteiger partial charge in [-0.05, 0) is 6.42 Å². The Hall–Kier alpha value is -0.620. The number of hydrogen-bond acceptors (Lipinski definition) is 4. The molecule has 0 aliphatic rings. The first kappa shape index (κ1) is 11.4. The van der Waals surface area contributed by atoms with Crippen LogP contribution >= 0.6 is 0 Å². The molecule has 0 heterocycles. The minimum atomic E-state index is -3.47. The number of carbonyl (C=O) groups excluding carboxylic acids is 1. The molecule has 1 atom stereocenters. The number of carbonyl (C=O) groups is 1. The highest BCUT2D eigenvalue weighted by atomic mass is 32.2. The zero-order chi connectivity index (χ0) is 9.78. The fourth-order valence-corrected chi connectivity index (χ4v) is 1.22. The van der Waals surface area contributed by atoms with E-state index in [1.807, 2.05) is 11.6 Å². The minimum Gasteiger partial charge on any atom is -0.320 e. The van der Waals surface area contributed by atoms with E-state index in [-0.39, 0.29) is 0 Å². The Labute approximate surface area is 72.4 Å². The van der Waals surface area contributed by atoms with Crippen molar-refractivity contribution in [2.45, 2.75) is 25.8 Å². The van der Waals surface area contributed by atoms with Crippen molar-refractivity contribution in [3.05, 3.63) is 0 Å². The van der Waals surface area contributed by atoms with Crippen LogP contribution in [0.2, 0.25) is 0 Å². The molecule has 12 heavy (non-hydrogen) atoms. The monoisotopic (exact) mass is 194 g/mol. The average molecular weight is 194 g/mol. The third kappa shape index (κ3) is 5.09. The molecule has 0 aromatic rings. The lowest BCUT2D eigenvalue weighted by Gasteiger charge is -2.08. The first-order valence-corrected chi connectivity index (χ1v) is 5.53. The van der Waals surface area contributed by atoms with Crippen LogP contribution in [0.4, 0.5) is 0 Å². The number of nitrogens with one attached hydrogen (secondary N) is 1. The highest BCUT2D eigenvalue weighted by Gasteiger charge is 2.15. The summed E-state index contributed by atoms with van der Waals surface area (Å²) < 4.78 is 22.9. The summed E-state index contributed by atoms with van der Waals surface area (Å²) in [4.78, 5) is 10.9. The Kier molecular flexibility index (Phi) is 4.19. The van der Waals surface area contributed by atoms with Crippen molar-refractivity contribution in [1.29, 1.82) is 0 Å². The van der Waals surface area contributed by atoms with Crippen molar-refractivity contribution in [2.75, 3.05) is 6.26 Å². The lowest BCUT2D eigenvalue weighted by molar-refractivity contribution is -0.120. The molecule has 0 aromatic heterocycles. The molecular weight excluding hydrogens is 180 g/mol. The minimum absolute atomic E-state index is 0.487. The lowest BCUT2D eigenvalue weighted by Crippen LogP contribution is -2.42. The maximum Gasteiger partial charge on any atom is 0.250 e. The molecule has 3 N–H and O–H groups in total. The molecule has 72 valence electrons. The van der Waals surface area contributed by atoms with Gasteiger partial charge in [0, 0.05) is 0 Å². The largest absolute Gasteiger partial charge is 0.320 e. The van der Waals surface area contributed by atoms with Crippen LogP contribution in [0, 0.1) is 0 Å². The van der Waals surface area contributed by atoms with Crippen LogP contribution in [0.3, 0.4) is 0 Å². The Morgan fingerprint density at radius 3 is 2.42 bits per heavy atom. The van der Waals surface area contributed by atoms with Gasteiger partial charge in [0.25, 0.3) is 0 Å². The second-order valence-electron chi connectivity index (χ2n) is 2.63. The van der Waals surface area contributed by atoms with Gasteiger partial charge in [0.2, 0.25) is 15.9 Å². The van der Waals surface area contributed by atoms with Gasteiger partial charge >= 0.3 is 0 Å². The molecule has 0 bridgehead atoms. The van der Waals surface area contributed by atoms with E-state index < -0.39 is 22.0 Å². The zero-order valence-corrected chi connectivity index (χ0v) is 8.02. The van der Waals surface area contributed by atoms with E-state index >= 15 is 0 Å². The molecule has 0 aromatic carbocycles. The van der Waals surface area contributed by atoms with E-state index in [0.29, 0.717) is 6.42 Å². The molecule has 5 nitrogen and oxygen atoms in total. The fraction of sp³-hybridized carbons (Fsp3) is 0.833. The molecule has 1 amide bonds. The summed E-state index contributed by atoms with van der Waals surface area (Å²) in [5.41, 5.74) is 5.36. The first-order valence-electron chi connectivity index (χ1n) is 3.64. The second kappa shape index (κ2) is 4.42. The third-order valence-electron chi connectivity index (χ3n) is 1.22. The number of amides is 1. The van der Waals surface area contributed by atoms with Crippen molar-refractivity contribution in [2.24, 2.45) is 5.73 Å². The van der Waals surface area contributed by atoms with Gasteiger partial charge < -0.3 is 5.73 Å². The van der Waals surface area contributed by atoms with Crippen LogP contribution in [0.5, 0.6) is 0 Å². The number of sulfonamides is 1. The van der Waals surface area contributed by atoms with Gasteiger partial charge in [0.1, 0.15) is 0 Å². The smallest absolute Gasteiger partial charge is 0.250 e. The van der Waals surface area contributed by atoms with Crippen LogP contribution in [0.25, 0.3) is 0 Å². The Morgan fingerprint density at radius 2 is 2.08 bits per heavy atom. The molecule has 0 rings (SSSR count). The maximum atomic E-state index is 10.9. The van der Waals surface area contributed by atoms with Crippen LogP contribution in [-0.2, 0) is 14.8 Å². The van der Waals surface area contributed by atoms with E-state index in [2.05, 4.69) is 0 Å². The Morgan fingerprint density at radius 1 is 1.58 bits per heavy atom. The molecule has 0 saturated carbocycles. The van der Waals surface area contributed by atoms with Gasteiger partial charge in [-0.1, -0.05) is 13.3 Å².